The van der Waals surface area contributed by atoms with Crippen molar-refractivity contribution in [3.05, 3.63) is 40.6 Å². The number of hydrogen-bond acceptors (Lipinski definition) is 4. The zero-order valence-electron chi connectivity index (χ0n) is 11.8. The summed E-state index contributed by atoms with van der Waals surface area (Å²) in [5, 5.41) is 3.30. The fourth-order valence-corrected chi connectivity index (χ4v) is 2.30. The van der Waals surface area contributed by atoms with Gasteiger partial charge in [-0.1, -0.05) is 17.7 Å². The quantitative estimate of drug-likeness (QED) is 0.771. The summed E-state index contributed by atoms with van der Waals surface area (Å²) in [6.45, 7) is 8.12. The zero-order valence-corrected chi connectivity index (χ0v) is 11.8. The summed E-state index contributed by atoms with van der Waals surface area (Å²) in [4.78, 5) is 4.42. The second-order valence-electron chi connectivity index (χ2n) is 5.01. The summed E-state index contributed by atoms with van der Waals surface area (Å²) in [5.74, 6) is 0.618. The van der Waals surface area contributed by atoms with Crippen molar-refractivity contribution in [1.82, 2.24) is 4.98 Å². The highest BCUT2D eigenvalue weighted by molar-refractivity contribution is 5.80. The molecule has 5 N–H and O–H groups in total. The number of anilines is 4. The normalized spacial score (nSPS) is 10.5. The van der Waals surface area contributed by atoms with Crippen LogP contribution in [-0.2, 0) is 0 Å². The van der Waals surface area contributed by atoms with Crippen LogP contribution in [0.15, 0.2) is 18.2 Å². The first kappa shape index (κ1) is 13.2. The number of aryl methyl sites for hydroxylation is 4. The minimum absolute atomic E-state index is 0.491. The second kappa shape index (κ2) is 4.80. The molecule has 0 amide bonds. The molecule has 4 heteroatoms. The molecule has 0 radical (unpaired) electrons. The summed E-state index contributed by atoms with van der Waals surface area (Å²) < 4.78 is 0. The van der Waals surface area contributed by atoms with Crippen molar-refractivity contribution in [2.45, 2.75) is 27.7 Å². The molecule has 0 saturated heterocycles. The molecule has 0 fully saturated rings. The Bertz CT molecular complexity index is 609. The number of rotatable bonds is 2. The van der Waals surface area contributed by atoms with Gasteiger partial charge in [-0.3, -0.25) is 0 Å². The van der Waals surface area contributed by atoms with Crippen LogP contribution in [0.2, 0.25) is 0 Å². The third kappa shape index (κ3) is 2.62. The minimum Gasteiger partial charge on any atom is -0.397 e. The lowest BCUT2D eigenvalue weighted by Crippen LogP contribution is -2.06. The third-order valence-electron chi connectivity index (χ3n) is 3.14. The molecule has 0 atom stereocenters. The molecule has 0 bridgehead atoms. The van der Waals surface area contributed by atoms with Gasteiger partial charge >= 0.3 is 0 Å². The highest BCUT2D eigenvalue weighted by Gasteiger charge is 2.10. The molecule has 0 aliphatic carbocycles. The van der Waals surface area contributed by atoms with Gasteiger partial charge in [0.2, 0.25) is 0 Å². The predicted octanol–water partition coefficient (Wildman–Crippen LogP) is 3.22. The van der Waals surface area contributed by atoms with Gasteiger partial charge in [0, 0.05) is 11.4 Å². The van der Waals surface area contributed by atoms with Gasteiger partial charge < -0.3 is 16.8 Å². The van der Waals surface area contributed by atoms with Gasteiger partial charge in [-0.15, -0.1) is 0 Å². The maximum atomic E-state index is 5.98. The number of aromatic nitrogens is 1. The van der Waals surface area contributed by atoms with Crippen LogP contribution < -0.4 is 16.8 Å². The van der Waals surface area contributed by atoms with Gasteiger partial charge in [0.25, 0.3) is 0 Å². The molecule has 0 saturated carbocycles. The Morgan fingerprint density at radius 3 is 2.11 bits per heavy atom. The maximum absolute atomic E-state index is 5.98. The molecule has 1 aromatic heterocycles. The monoisotopic (exact) mass is 256 g/mol. The topological polar surface area (TPSA) is 77.0 Å². The minimum atomic E-state index is 0.491. The molecule has 0 unspecified atom stereocenters. The van der Waals surface area contributed by atoms with E-state index in [-0.39, 0.29) is 0 Å². The molecular formula is C15H20N4. The molecule has 0 spiro atoms. The summed E-state index contributed by atoms with van der Waals surface area (Å²) >= 11 is 0. The lowest BCUT2D eigenvalue weighted by Gasteiger charge is -2.16. The van der Waals surface area contributed by atoms with E-state index in [9.17, 15) is 0 Å². The predicted molar refractivity (Wildman–Crippen MR) is 81.7 cm³/mol. The first-order valence-electron chi connectivity index (χ1n) is 6.26. The molecule has 1 heterocycles. The molecule has 2 rings (SSSR count). The van der Waals surface area contributed by atoms with E-state index in [0.29, 0.717) is 17.2 Å². The van der Waals surface area contributed by atoms with Crippen molar-refractivity contribution in [3.8, 4) is 0 Å². The van der Waals surface area contributed by atoms with E-state index in [1.165, 1.54) is 16.7 Å². The van der Waals surface area contributed by atoms with Gasteiger partial charge in [-0.2, -0.15) is 0 Å². The van der Waals surface area contributed by atoms with Gasteiger partial charge in [-0.25, -0.2) is 4.98 Å². The van der Waals surface area contributed by atoms with Gasteiger partial charge in [0.05, 0.1) is 11.4 Å². The molecule has 4 nitrogen and oxygen atoms in total. The Morgan fingerprint density at radius 2 is 1.53 bits per heavy atom. The van der Waals surface area contributed by atoms with E-state index in [4.69, 9.17) is 11.5 Å². The van der Waals surface area contributed by atoms with Crippen molar-refractivity contribution in [2.24, 2.45) is 0 Å². The van der Waals surface area contributed by atoms with Gasteiger partial charge in [0.1, 0.15) is 0 Å². The summed E-state index contributed by atoms with van der Waals surface area (Å²) in [6.07, 6.45) is 0. The third-order valence-corrected chi connectivity index (χ3v) is 3.14. The summed E-state index contributed by atoms with van der Waals surface area (Å²) in [7, 11) is 0. The second-order valence-corrected chi connectivity index (χ2v) is 5.01. The van der Waals surface area contributed by atoms with Crippen LogP contribution in [0.1, 0.15) is 22.4 Å². The van der Waals surface area contributed by atoms with Crippen molar-refractivity contribution >= 4 is 22.9 Å². The zero-order chi connectivity index (χ0) is 14.2. The SMILES string of the molecule is Cc1cc(C)c(Nc2nc(C)cc(N)c2N)c(C)c1. The van der Waals surface area contributed by atoms with Gasteiger partial charge in [0.15, 0.2) is 5.82 Å². The molecule has 0 aliphatic heterocycles. The smallest absolute Gasteiger partial charge is 0.156 e. The van der Waals surface area contributed by atoms with Crippen LogP contribution in [0.25, 0.3) is 0 Å². The van der Waals surface area contributed by atoms with Crippen LogP contribution >= 0.6 is 0 Å². The Kier molecular flexibility index (Phi) is 3.34. The average molecular weight is 256 g/mol. The van der Waals surface area contributed by atoms with Crippen LogP contribution in [-0.4, -0.2) is 4.98 Å². The summed E-state index contributed by atoms with van der Waals surface area (Å²) in [5.41, 5.74) is 18.3. The number of nitrogens with zero attached hydrogens (tertiary/aromatic N) is 1. The van der Waals surface area contributed by atoms with E-state index in [1.54, 1.807) is 6.07 Å². The van der Waals surface area contributed by atoms with E-state index in [2.05, 4.69) is 43.2 Å². The number of nitrogens with two attached hydrogens (primary N) is 2. The van der Waals surface area contributed by atoms with Gasteiger partial charge in [-0.05, 0) is 44.9 Å². The Balaban J connectivity index is 2.48. The highest BCUT2D eigenvalue weighted by Crippen LogP contribution is 2.30. The molecule has 100 valence electrons. The Hall–Kier alpha value is -2.23. The van der Waals surface area contributed by atoms with Crippen LogP contribution in [0, 0.1) is 27.7 Å². The lowest BCUT2D eigenvalue weighted by atomic mass is 10.1. The molecule has 19 heavy (non-hydrogen) atoms. The van der Waals surface area contributed by atoms with Crippen LogP contribution in [0.5, 0.6) is 0 Å². The average Bonchev–Trinajstić information content (AvgIpc) is 2.29. The molecule has 0 aliphatic rings. The van der Waals surface area contributed by atoms with Crippen molar-refractivity contribution in [1.29, 1.82) is 0 Å². The largest absolute Gasteiger partial charge is 0.397 e. The number of hydrogen-bond donors (Lipinski definition) is 3. The number of pyridine rings is 1. The van der Waals surface area contributed by atoms with E-state index >= 15 is 0 Å². The number of nitrogens with one attached hydrogen (secondary N) is 1. The molecule has 1 aromatic carbocycles. The van der Waals surface area contributed by atoms with Crippen molar-refractivity contribution in [3.63, 3.8) is 0 Å². The molecule has 2 aromatic rings. The fourth-order valence-electron chi connectivity index (χ4n) is 2.30. The summed E-state index contributed by atoms with van der Waals surface area (Å²) in [6, 6.07) is 6.03. The maximum Gasteiger partial charge on any atom is 0.156 e. The van der Waals surface area contributed by atoms with E-state index < -0.39 is 0 Å². The van der Waals surface area contributed by atoms with Crippen molar-refractivity contribution in [2.75, 3.05) is 16.8 Å². The molecular weight excluding hydrogens is 236 g/mol. The Morgan fingerprint density at radius 1 is 0.947 bits per heavy atom. The number of benzene rings is 1. The first-order chi connectivity index (χ1) is 8.88. The standard InChI is InChI=1S/C15H20N4/c1-8-5-9(2)14(10(3)6-8)19-15-13(17)12(16)7-11(4)18-15/h5-7H,17H2,1-4H3,(H3,16,18,19). The Labute approximate surface area is 113 Å². The highest BCUT2D eigenvalue weighted by atomic mass is 15.0. The van der Waals surface area contributed by atoms with E-state index in [1.807, 2.05) is 6.92 Å². The first-order valence-corrected chi connectivity index (χ1v) is 6.26. The number of nitrogen functional groups attached to an aromatic ring is 2. The lowest BCUT2D eigenvalue weighted by molar-refractivity contribution is 1.19. The van der Waals surface area contributed by atoms with Crippen LogP contribution in [0.3, 0.4) is 0 Å². The van der Waals surface area contributed by atoms with Crippen molar-refractivity contribution < 1.29 is 0 Å². The fraction of sp³-hybridized carbons (Fsp3) is 0.267. The van der Waals surface area contributed by atoms with E-state index in [0.717, 1.165) is 11.4 Å². The van der Waals surface area contributed by atoms with Crippen LogP contribution in [0.4, 0.5) is 22.9 Å².